The van der Waals surface area contributed by atoms with Crippen LogP contribution in [-0.4, -0.2) is 28.4 Å². The van der Waals surface area contributed by atoms with Crippen LogP contribution in [0.25, 0.3) is 0 Å². The molecule has 0 aliphatic carbocycles. The number of anilines is 1. The van der Waals surface area contributed by atoms with Crippen LogP contribution in [-0.2, 0) is 0 Å². The predicted molar refractivity (Wildman–Crippen MR) is 70.3 cm³/mol. The molecule has 1 aliphatic rings. The van der Waals surface area contributed by atoms with Crippen LogP contribution >= 0.6 is 11.5 Å². The first-order valence-corrected chi connectivity index (χ1v) is 6.91. The van der Waals surface area contributed by atoms with E-state index in [1.54, 1.807) is 6.20 Å². The molecule has 1 fully saturated rings. The zero-order chi connectivity index (χ0) is 12.3. The van der Waals surface area contributed by atoms with Gasteiger partial charge in [0.1, 0.15) is 5.00 Å². The van der Waals surface area contributed by atoms with Crippen molar-refractivity contribution in [1.29, 1.82) is 0 Å². The fourth-order valence-electron chi connectivity index (χ4n) is 2.23. The van der Waals surface area contributed by atoms with Gasteiger partial charge in [0.25, 0.3) is 0 Å². The fourth-order valence-corrected chi connectivity index (χ4v) is 2.72. The van der Waals surface area contributed by atoms with Crippen molar-refractivity contribution in [1.82, 2.24) is 9.27 Å². The van der Waals surface area contributed by atoms with Crippen LogP contribution in [0, 0.1) is 11.8 Å². The maximum Gasteiger partial charge on any atom is 0.322 e. The zero-order valence-electron chi connectivity index (χ0n) is 10.3. The van der Waals surface area contributed by atoms with Gasteiger partial charge in [-0.25, -0.2) is 4.79 Å². The molecule has 2 rings (SSSR count). The summed E-state index contributed by atoms with van der Waals surface area (Å²) >= 11 is 1.31. The van der Waals surface area contributed by atoms with Gasteiger partial charge in [-0.05, 0) is 42.3 Å². The molecule has 1 N–H and O–H groups in total. The molecule has 5 heteroatoms. The number of nitrogens with one attached hydrogen (secondary N) is 1. The van der Waals surface area contributed by atoms with E-state index in [1.165, 1.54) is 11.5 Å². The van der Waals surface area contributed by atoms with E-state index in [2.05, 4.69) is 23.5 Å². The number of piperidine rings is 1. The Kier molecular flexibility index (Phi) is 3.99. The topological polar surface area (TPSA) is 45.2 Å². The van der Waals surface area contributed by atoms with Crippen LogP contribution in [0.4, 0.5) is 9.80 Å². The molecule has 1 aliphatic heterocycles. The van der Waals surface area contributed by atoms with E-state index in [4.69, 9.17) is 0 Å². The average Bonchev–Trinajstić information content (AvgIpc) is 2.82. The quantitative estimate of drug-likeness (QED) is 0.880. The molecule has 0 bridgehead atoms. The van der Waals surface area contributed by atoms with Gasteiger partial charge in [0.05, 0.1) is 0 Å². The lowest BCUT2D eigenvalue weighted by Crippen LogP contribution is -2.41. The molecule has 0 saturated carbocycles. The van der Waals surface area contributed by atoms with Crippen LogP contribution in [0.15, 0.2) is 12.3 Å². The number of amides is 2. The van der Waals surface area contributed by atoms with Gasteiger partial charge >= 0.3 is 6.03 Å². The summed E-state index contributed by atoms with van der Waals surface area (Å²) in [6.45, 7) is 6.26. The van der Waals surface area contributed by atoms with Gasteiger partial charge in [-0.15, -0.1) is 0 Å². The number of carbonyl (C=O) groups is 1. The third-order valence-electron chi connectivity index (χ3n) is 3.44. The molecule has 0 spiro atoms. The minimum atomic E-state index is 0.0106. The van der Waals surface area contributed by atoms with Crippen LogP contribution in [0.5, 0.6) is 0 Å². The molecule has 17 heavy (non-hydrogen) atoms. The van der Waals surface area contributed by atoms with Crippen molar-refractivity contribution in [3.05, 3.63) is 12.3 Å². The van der Waals surface area contributed by atoms with E-state index in [0.29, 0.717) is 0 Å². The Morgan fingerprint density at radius 2 is 2.24 bits per heavy atom. The largest absolute Gasteiger partial charge is 0.324 e. The molecule has 0 aromatic carbocycles. The number of aromatic nitrogens is 1. The summed E-state index contributed by atoms with van der Waals surface area (Å²) in [5.41, 5.74) is 0. The Balaban J connectivity index is 1.82. The molecule has 0 atom stereocenters. The maximum absolute atomic E-state index is 11.9. The molecule has 1 aromatic rings. The first-order chi connectivity index (χ1) is 8.16. The van der Waals surface area contributed by atoms with Gasteiger partial charge in [0.2, 0.25) is 0 Å². The highest BCUT2D eigenvalue weighted by molar-refractivity contribution is 7.10. The lowest BCUT2D eigenvalue weighted by atomic mass is 9.87. The first kappa shape index (κ1) is 12.4. The van der Waals surface area contributed by atoms with Gasteiger partial charge < -0.3 is 4.90 Å². The first-order valence-electron chi connectivity index (χ1n) is 6.13. The second-order valence-electron chi connectivity index (χ2n) is 4.88. The van der Waals surface area contributed by atoms with Crippen molar-refractivity contribution in [2.75, 3.05) is 18.4 Å². The fraction of sp³-hybridized carbons (Fsp3) is 0.667. The molecular weight excluding hydrogens is 234 g/mol. The summed E-state index contributed by atoms with van der Waals surface area (Å²) in [6.07, 6.45) is 3.94. The minimum absolute atomic E-state index is 0.0106. The minimum Gasteiger partial charge on any atom is -0.324 e. The number of carbonyl (C=O) groups excluding carboxylic acids is 1. The lowest BCUT2D eigenvalue weighted by Gasteiger charge is -2.33. The predicted octanol–water partition coefficient (Wildman–Crippen LogP) is 3.04. The Labute approximate surface area is 106 Å². The standard InChI is InChI=1S/C12H19N3OS/c1-9(2)10-4-7-15(8-5-10)12(16)14-11-3-6-13-17-11/h3,6,9-10H,4-5,7-8H2,1-2H3,(H,14,16). The molecule has 2 heterocycles. The number of likely N-dealkylation sites (tertiary alicyclic amines) is 1. The Bertz CT molecular complexity index is 356. The monoisotopic (exact) mass is 253 g/mol. The van der Waals surface area contributed by atoms with Crippen LogP contribution in [0.2, 0.25) is 0 Å². The van der Waals surface area contributed by atoms with Crippen molar-refractivity contribution in [2.24, 2.45) is 11.8 Å². The second-order valence-corrected chi connectivity index (χ2v) is 5.71. The van der Waals surface area contributed by atoms with Crippen molar-refractivity contribution >= 4 is 22.6 Å². The van der Waals surface area contributed by atoms with E-state index in [9.17, 15) is 4.79 Å². The number of nitrogens with zero attached hydrogens (tertiary/aromatic N) is 2. The summed E-state index contributed by atoms with van der Waals surface area (Å²) in [5.74, 6) is 1.49. The number of hydrogen-bond acceptors (Lipinski definition) is 3. The normalized spacial score (nSPS) is 17.5. The third-order valence-corrected chi connectivity index (χ3v) is 4.10. The summed E-state index contributed by atoms with van der Waals surface area (Å²) in [7, 11) is 0. The van der Waals surface area contributed by atoms with E-state index < -0.39 is 0 Å². The molecular formula is C12H19N3OS. The molecule has 1 saturated heterocycles. The van der Waals surface area contributed by atoms with Gasteiger partial charge in [0.15, 0.2) is 0 Å². The van der Waals surface area contributed by atoms with Crippen LogP contribution < -0.4 is 5.32 Å². The van der Waals surface area contributed by atoms with Crippen LogP contribution in [0.1, 0.15) is 26.7 Å². The SMILES string of the molecule is CC(C)C1CCN(C(=O)Nc2ccns2)CC1. The highest BCUT2D eigenvalue weighted by atomic mass is 32.1. The lowest BCUT2D eigenvalue weighted by molar-refractivity contribution is 0.167. The van der Waals surface area contributed by atoms with E-state index in [1.807, 2.05) is 11.0 Å². The maximum atomic E-state index is 11.9. The Morgan fingerprint density at radius 1 is 1.53 bits per heavy atom. The highest BCUT2D eigenvalue weighted by Crippen LogP contribution is 2.25. The van der Waals surface area contributed by atoms with E-state index >= 15 is 0 Å². The van der Waals surface area contributed by atoms with Gasteiger partial charge in [-0.1, -0.05) is 13.8 Å². The van der Waals surface area contributed by atoms with Crippen molar-refractivity contribution in [3.8, 4) is 0 Å². The molecule has 0 unspecified atom stereocenters. The molecule has 94 valence electrons. The van der Waals surface area contributed by atoms with E-state index in [-0.39, 0.29) is 6.03 Å². The molecule has 4 nitrogen and oxygen atoms in total. The molecule has 1 aromatic heterocycles. The smallest absolute Gasteiger partial charge is 0.322 e. The summed E-state index contributed by atoms with van der Waals surface area (Å²) in [4.78, 5) is 13.8. The van der Waals surface area contributed by atoms with Gasteiger partial charge in [-0.3, -0.25) is 5.32 Å². The van der Waals surface area contributed by atoms with Crippen molar-refractivity contribution < 1.29 is 4.79 Å². The second kappa shape index (κ2) is 5.49. The number of hydrogen-bond donors (Lipinski definition) is 1. The highest BCUT2D eigenvalue weighted by Gasteiger charge is 2.24. The number of rotatable bonds is 2. The number of urea groups is 1. The molecule has 2 amide bonds. The van der Waals surface area contributed by atoms with Gasteiger partial charge in [0, 0.05) is 19.3 Å². The third kappa shape index (κ3) is 3.19. The van der Waals surface area contributed by atoms with Crippen molar-refractivity contribution in [3.63, 3.8) is 0 Å². The van der Waals surface area contributed by atoms with Gasteiger partial charge in [-0.2, -0.15) is 4.37 Å². The van der Waals surface area contributed by atoms with Crippen molar-refractivity contribution in [2.45, 2.75) is 26.7 Å². The summed E-state index contributed by atoms with van der Waals surface area (Å²) < 4.78 is 3.96. The molecule has 0 radical (unpaired) electrons. The summed E-state index contributed by atoms with van der Waals surface area (Å²) in [6, 6.07) is 1.83. The van der Waals surface area contributed by atoms with E-state index in [0.717, 1.165) is 42.8 Å². The Hall–Kier alpha value is -1.10. The average molecular weight is 253 g/mol. The van der Waals surface area contributed by atoms with Crippen LogP contribution in [0.3, 0.4) is 0 Å². The Morgan fingerprint density at radius 3 is 2.76 bits per heavy atom. The zero-order valence-corrected chi connectivity index (χ0v) is 11.2. The summed E-state index contributed by atoms with van der Waals surface area (Å²) in [5, 5.41) is 3.70.